The van der Waals surface area contributed by atoms with Crippen LogP contribution >= 0.6 is 0 Å². The molecule has 14 aromatic rings. The van der Waals surface area contributed by atoms with Gasteiger partial charge in [-0.1, -0.05) is 185 Å². The van der Waals surface area contributed by atoms with E-state index in [4.69, 9.17) is 0 Å². The topological polar surface area (TPSA) is 13.8 Å². The van der Waals surface area contributed by atoms with E-state index in [1.165, 1.54) is 103 Å². The molecule has 0 aliphatic carbocycles. The van der Waals surface area contributed by atoms with E-state index in [1.54, 1.807) is 0 Å². The third-order valence-corrected chi connectivity index (χ3v) is 17.2. The summed E-state index contributed by atoms with van der Waals surface area (Å²) in [7, 11) is -1.71. The Bertz CT molecular complexity index is 4150. The van der Waals surface area contributed by atoms with Gasteiger partial charge in [-0.15, -0.1) is 0 Å². The summed E-state index contributed by atoms with van der Waals surface area (Å²) in [6, 6.07) is 88.2. The molecule has 308 valence electrons. The first-order valence-electron chi connectivity index (χ1n) is 22.9. The standard InChI is InChI=1S/C62H41N3Si/c1-5-17-41(18-6-1)44-35-43-33-34-63-59-39-52-50-25-13-15-27-56(50)64(46-29-31-49(32-30-46)66(47-21-9-3-10-22-47)48-23-11-4-12-24-48)58(52)40-60(59)65-57-28-16-14-26-51(57)53-37-45(42-19-7-2-8-20-42)38-55(62(53)65)54(36-44)61(43)63/h1-40,66H. The number of nitrogens with zero attached hydrogens (tertiary/aromatic N) is 3. The van der Waals surface area contributed by atoms with Crippen LogP contribution in [0.25, 0.3) is 104 Å². The lowest BCUT2D eigenvalue weighted by atomic mass is 9.96. The van der Waals surface area contributed by atoms with Crippen molar-refractivity contribution in [1.82, 2.24) is 13.4 Å². The molecular weight excluding hydrogens is 815 g/mol. The minimum absolute atomic E-state index is 1.15. The van der Waals surface area contributed by atoms with Crippen LogP contribution in [0.2, 0.25) is 0 Å². The molecule has 0 aliphatic heterocycles. The lowest BCUT2D eigenvalue weighted by Crippen LogP contribution is -2.51. The van der Waals surface area contributed by atoms with Gasteiger partial charge in [-0.25, -0.2) is 0 Å². The summed E-state index contributed by atoms with van der Waals surface area (Å²) in [5, 5.41) is 12.9. The number of hydrogen-bond acceptors (Lipinski definition) is 0. The minimum atomic E-state index is -1.71. The average Bonchev–Trinajstić information content (AvgIpc) is 4.07. The molecule has 0 radical (unpaired) electrons. The van der Waals surface area contributed by atoms with Gasteiger partial charge in [-0.05, 0) is 89.0 Å². The number of benzene rings is 10. The Morgan fingerprint density at radius 3 is 1.42 bits per heavy atom. The second-order valence-electron chi connectivity index (χ2n) is 17.7. The molecule has 4 heterocycles. The van der Waals surface area contributed by atoms with Gasteiger partial charge in [0, 0.05) is 49.6 Å². The van der Waals surface area contributed by atoms with E-state index in [0.717, 1.165) is 16.7 Å². The summed E-state index contributed by atoms with van der Waals surface area (Å²) in [5.74, 6) is 0. The number of rotatable bonds is 6. The first kappa shape index (κ1) is 37.0. The third kappa shape index (κ3) is 5.55. The van der Waals surface area contributed by atoms with E-state index < -0.39 is 8.80 Å². The van der Waals surface area contributed by atoms with Gasteiger partial charge in [-0.3, -0.25) is 0 Å². The van der Waals surface area contributed by atoms with E-state index in [-0.39, 0.29) is 0 Å². The monoisotopic (exact) mass is 855 g/mol. The molecule has 66 heavy (non-hydrogen) atoms. The highest BCUT2D eigenvalue weighted by Crippen LogP contribution is 2.43. The quantitative estimate of drug-likeness (QED) is 0.117. The van der Waals surface area contributed by atoms with Gasteiger partial charge in [0.1, 0.15) is 8.80 Å². The first-order chi connectivity index (χ1) is 32.7. The maximum Gasteiger partial charge on any atom is 0.132 e. The zero-order valence-electron chi connectivity index (χ0n) is 36.0. The largest absolute Gasteiger partial charge is 0.314 e. The highest BCUT2D eigenvalue weighted by atomic mass is 28.3. The molecule has 0 N–H and O–H groups in total. The summed E-state index contributed by atoms with van der Waals surface area (Å²) in [6.07, 6.45) is 2.29. The summed E-state index contributed by atoms with van der Waals surface area (Å²) in [5.41, 5.74) is 14.3. The van der Waals surface area contributed by atoms with Crippen LogP contribution in [0.5, 0.6) is 0 Å². The number of aromatic nitrogens is 3. The molecule has 3 nitrogen and oxygen atoms in total. The predicted octanol–water partition coefficient (Wildman–Crippen LogP) is 13.5. The summed E-state index contributed by atoms with van der Waals surface area (Å²) in [6.45, 7) is 0. The van der Waals surface area contributed by atoms with Crippen molar-refractivity contribution in [3.63, 3.8) is 0 Å². The first-order valence-corrected chi connectivity index (χ1v) is 24.6. The number of para-hydroxylation sites is 2. The van der Waals surface area contributed by atoms with Crippen molar-refractivity contribution < 1.29 is 0 Å². The van der Waals surface area contributed by atoms with Crippen LogP contribution in [0.3, 0.4) is 0 Å². The zero-order valence-corrected chi connectivity index (χ0v) is 37.2. The summed E-state index contributed by atoms with van der Waals surface area (Å²) in [4.78, 5) is 0. The Balaban J connectivity index is 1.11. The lowest BCUT2D eigenvalue weighted by molar-refractivity contribution is 1.18. The molecule has 0 saturated carbocycles. The second kappa shape index (κ2) is 14.5. The molecule has 0 fully saturated rings. The van der Waals surface area contributed by atoms with E-state index >= 15 is 0 Å². The summed E-state index contributed by atoms with van der Waals surface area (Å²) >= 11 is 0. The van der Waals surface area contributed by atoms with Gasteiger partial charge in [0.25, 0.3) is 0 Å². The minimum Gasteiger partial charge on any atom is -0.314 e. The molecule has 0 saturated heterocycles. The van der Waals surface area contributed by atoms with Crippen LogP contribution in [0.15, 0.2) is 243 Å². The fraction of sp³-hybridized carbons (Fsp3) is 0. The normalized spacial score (nSPS) is 12.1. The fourth-order valence-electron chi connectivity index (χ4n) is 11.2. The van der Waals surface area contributed by atoms with Gasteiger partial charge >= 0.3 is 0 Å². The molecule has 14 rings (SSSR count). The number of hydrogen-bond donors (Lipinski definition) is 0. The molecule has 0 amide bonds. The highest BCUT2D eigenvalue weighted by Gasteiger charge is 2.23. The molecule has 0 atom stereocenters. The molecule has 10 aromatic carbocycles. The van der Waals surface area contributed by atoms with Gasteiger partial charge in [0.05, 0.1) is 38.6 Å². The van der Waals surface area contributed by atoms with Crippen LogP contribution < -0.4 is 15.6 Å². The van der Waals surface area contributed by atoms with Crippen LogP contribution in [0.4, 0.5) is 0 Å². The van der Waals surface area contributed by atoms with Crippen molar-refractivity contribution in [2.45, 2.75) is 0 Å². The van der Waals surface area contributed by atoms with Crippen LogP contribution in [-0.2, 0) is 0 Å². The molecule has 0 aliphatic rings. The van der Waals surface area contributed by atoms with Gasteiger partial charge in [0.15, 0.2) is 0 Å². The maximum absolute atomic E-state index is 2.56. The Labute approximate surface area is 382 Å². The van der Waals surface area contributed by atoms with E-state index in [1.807, 2.05) is 0 Å². The van der Waals surface area contributed by atoms with Crippen molar-refractivity contribution in [2.75, 3.05) is 0 Å². The summed E-state index contributed by atoms with van der Waals surface area (Å²) < 4.78 is 7.52. The Morgan fingerprint density at radius 2 is 0.788 bits per heavy atom. The predicted molar refractivity (Wildman–Crippen MR) is 283 cm³/mol. The van der Waals surface area contributed by atoms with E-state index in [2.05, 4.69) is 256 Å². The van der Waals surface area contributed by atoms with Gasteiger partial charge in [-0.2, -0.15) is 0 Å². The average molecular weight is 856 g/mol. The van der Waals surface area contributed by atoms with E-state index in [9.17, 15) is 0 Å². The Morgan fingerprint density at radius 1 is 0.288 bits per heavy atom. The van der Waals surface area contributed by atoms with Gasteiger partial charge in [0.2, 0.25) is 0 Å². The lowest BCUT2D eigenvalue weighted by Gasteiger charge is -2.18. The Hall–Kier alpha value is -8.44. The smallest absolute Gasteiger partial charge is 0.132 e. The SMILES string of the molecule is c1ccc(-c2cc3ccn4c5cc6c7ccccc7n(-c7ccc([SiH](c8ccccc8)c8ccccc8)cc7)c6cc5n5c6ccccc6c6cc(-c7ccccc7)cc(c(c2)c34)c65)cc1. The highest BCUT2D eigenvalue weighted by molar-refractivity contribution is 6.95. The molecule has 0 spiro atoms. The van der Waals surface area contributed by atoms with Crippen LogP contribution in [0.1, 0.15) is 0 Å². The molecular formula is C62H41N3Si. The molecule has 0 unspecified atom stereocenters. The van der Waals surface area contributed by atoms with Crippen LogP contribution in [0, 0.1) is 0 Å². The molecule has 4 aromatic heterocycles. The van der Waals surface area contributed by atoms with Crippen molar-refractivity contribution in [3.05, 3.63) is 243 Å². The second-order valence-corrected chi connectivity index (χ2v) is 20.6. The van der Waals surface area contributed by atoms with Crippen molar-refractivity contribution >= 4 is 101 Å². The van der Waals surface area contributed by atoms with Crippen molar-refractivity contribution in [3.8, 4) is 27.9 Å². The van der Waals surface area contributed by atoms with Crippen molar-refractivity contribution in [2.24, 2.45) is 0 Å². The number of fused-ring (bicyclic) bond motifs is 10. The zero-order chi connectivity index (χ0) is 43.3. The maximum atomic E-state index is 2.56. The third-order valence-electron chi connectivity index (χ3n) is 14.1. The van der Waals surface area contributed by atoms with Crippen LogP contribution in [-0.4, -0.2) is 22.2 Å². The Kier molecular flexibility index (Phi) is 8.15. The van der Waals surface area contributed by atoms with Crippen molar-refractivity contribution in [1.29, 1.82) is 0 Å². The van der Waals surface area contributed by atoms with E-state index in [0.29, 0.717) is 0 Å². The molecule has 0 bridgehead atoms. The molecule has 4 heteroatoms. The van der Waals surface area contributed by atoms with Gasteiger partial charge < -0.3 is 13.4 Å². The fourth-order valence-corrected chi connectivity index (χ4v) is 14.1.